The van der Waals surface area contributed by atoms with Gasteiger partial charge in [-0.3, -0.25) is 10.2 Å². The summed E-state index contributed by atoms with van der Waals surface area (Å²) in [5, 5.41) is 19.2. The molecule has 1 atom stereocenters. The largest absolute Gasteiger partial charge is 0.492 e. The minimum absolute atomic E-state index is 0.0105. The minimum Gasteiger partial charge on any atom is -0.492 e. The summed E-state index contributed by atoms with van der Waals surface area (Å²) in [6, 6.07) is 24.2. The van der Waals surface area contributed by atoms with Crippen LogP contribution in [0.2, 0.25) is 0 Å². The van der Waals surface area contributed by atoms with Crippen molar-refractivity contribution >= 4 is 22.7 Å². The van der Waals surface area contributed by atoms with Crippen LogP contribution in [0.1, 0.15) is 31.1 Å². The van der Waals surface area contributed by atoms with Crippen LogP contribution in [0.25, 0.3) is 11.0 Å². The minimum atomic E-state index is -0.368. The third kappa shape index (κ3) is 5.31. The van der Waals surface area contributed by atoms with Crippen molar-refractivity contribution in [3.63, 3.8) is 0 Å². The van der Waals surface area contributed by atoms with Crippen LogP contribution in [0.5, 0.6) is 5.75 Å². The first-order chi connectivity index (χ1) is 18.0. The lowest BCUT2D eigenvalue weighted by Crippen LogP contribution is -2.44. The molecule has 1 N–H and O–H groups in total. The van der Waals surface area contributed by atoms with E-state index < -0.39 is 0 Å². The summed E-state index contributed by atoms with van der Waals surface area (Å²) in [6.45, 7) is 4.49. The molecule has 8 heteroatoms. The highest BCUT2D eigenvalue weighted by Gasteiger charge is 2.26. The number of rotatable bonds is 8. The van der Waals surface area contributed by atoms with Gasteiger partial charge in [-0.15, -0.1) is 0 Å². The second kappa shape index (κ2) is 11.4. The van der Waals surface area contributed by atoms with Crippen LogP contribution in [0, 0.1) is 16.9 Å². The lowest BCUT2D eigenvalue weighted by atomic mass is 10.1. The molecule has 0 fully saturated rings. The Bertz CT molecular complexity index is 1490. The molecule has 0 aliphatic rings. The highest BCUT2D eigenvalue weighted by Crippen LogP contribution is 2.30. The number of nitriles is 1. The Balaban J connectivity index is 1.72. The zero-order chi connectivity index (χ0) is 26.4. The maximum absolute atomic E-state index is 13.1. The van der Waals surface area contributed by atoms with Gasteiger partial charge in [0.1, 0.15) is 11.4 Å². The summed E-state index contributed by atoms with van der Waals surface area (Å²) in [5.41, 5.74) is 3.26. The molecule has 0 aliphatic carbocycles. The van der Waals surface area contributed by atoms with Gasteiger partial charge in [0.2, 0.25) is 5.96 Å². The second-order valence-corrected chi connectivity index (χ2v) is 8.59. The number of hydrogen-bond acceptors (Lipinski definition) is 5. The van der Waals surface area contributed by atoms with Gasteiger partial charge in [-0.1, -0.05) is 54.6 Å². The third-order valence-corrected chi connectivity index (χ3v) is 6.34. The van der Waals surface area contributed by atoms with Gasteiger partial charge in [0.25, 0.3) is 5.56 Å². The number of hydrogen-bond donors (Lipinski definition) is 1. The fraction of sp³-hybridized carbons (Fsp3) is 0.241. The van der Waals surface area contributed by atoms with Crippen LogP contribution in [-0.2, 0) is 13.5 Å². The molecule has 0 saturated heterocycles. The van der Waals surface area contributed by atoms with E-state index in [9.17, 15) is 10.1 Å². The molecule has 8 nitrogen and oxygen atoms in total. The van der Waals surface area contributed by atoms with E-state index in [1.54, 1.807) is 16.5 Å². The molecule has 0 amide bonds. The quantitative estimate of drug-likeness (QED) is 0.163. The molecule has 4 aromatic rings. The summed E-state index contributed by atoms with van der Waals surface area (Å²) in [5.74, 6) is 0.586. The first-order valence-corrected chi connectivity index (χ1v) is 12.2. The number of aryl methyl sites for hydroxylation is 1. The number of nitrogens with zero attached hydrogens (tertiary/aromatic N) is 5. The van der Waals surface area contributed by atoms with Crippen molar-refractivity contribution in [2.45, 2.75) is 26.3 Å². The SMILES string of the molecule is CCOc1ccccc1N(CCc1nc2ccccc2n(C)c1=O)C(=N)N(C#N)C(C)c1ccccc1. The zero-order valence-electron chi connectivity index (χ0n) is 21.3. The molecule has 3 aromatic carbocycles. The number of ether oxygens (including phenoxy) is 1. The summed E-state index contributed by atoms with van der Waals surface area (Å²) in [6.07, 6.45) is 2.47. The van der Waals surface area contributed by atoms with Gasteiger partial charge in [-0.2, -0.15) is 5.26 Å². The molecule has 1 aromatic heterocycles. The molecule has 0 bridgehead atoms. The predicted molar refractivity (Wildman–Crippen MR) is 146 cm³/mol. The first kappa shape index (κ1) is 25.5. The maximum atomic E-state index is 13.1. The van der Waals surface area contributed by atoms with Crippen LogP contribution in [-0.4, -0.2) is 33.6 Å². The van der Waals surface area contributed by atoms with E-state index in [1.165, 1.54) is 4.90 Å². The van der Waals surface area contributed by atoms with Crippen molar-refractivity contribution in [2.24, 2.45) is 7.05 Å². The van der Waals surface area contributed by atoms with Crippen LogP contribution in [0.4, 0.5) is 5.69 Å². The Hall–Kier alpha value is -4.64. The predicted octanol–water partition coefficient (Wildman–Crippen LogP) is 4.86. The normalized spacial score (nSPS) is 11.5. The topological polar surface area (TPSA) is 98.2 Å². The average Bonchev–Trinajstić information content (AvgIpc) is 2.93. The molecule has 0 spiro atoms. The van der Waals surface area contributed by atoms with Crippen LogP contribution in [0.3, 0.4) is 0 Å². The zero-order valence-corrected chi connectivity index (χ0v) is 21.3. The smallest absolute Gasteiger partial charge is 0.272 e. The highest BCUT2D eigenvalue weighted by atomic mass is 16.5. The standard InChI is InChI=1S/C29H30N6O2/c1-4-37-27-17-11-10-16-26(27)34(29(31)35(20-30)21(2)22-12-6-5-7-13-22)19-18-24-28(36)33(3)25-15-9-8-14-23(25)32-24/h5-17,21,31H,4,18-19H2,1-3H3. The van der Waals surface area contributed by atoms with Gasteiger partial charge in [0, 0.05) is 20.0 Å². The van der Waals surface area contributed by atoms with E-state index in [2.05, 4.69) is 11.2 Å². The molecular weight excluding hydrogens is 464 g/mol. The van der Waals surface area contributed by atoms with Gasteiger partial charge in [-0.25, -0.2) is 9.88 Å². The molecule has 0 radical (unpaired) electrons. The number of fused-ring (bicyclic) bond motifs is 1. The number of aromatic nitrogens is 2. The summed E-state index contributed by atoms with van der Waals surface area (Å²) >= 11 is 0. The average molecular weight is 495 g/mol. The van der Waals surface area contributed by atoms with Crippen molar-refractivity contribution < 1.29 is 4.74 Å². The fourth-order valence-electron chi connectivity index (χ4n) is 4.35. The van der Waals surface area contributed by atoms with Gasteiger partial charge in [-0.05, 0) is 43.7 Å². The molecule has 0 aliphatic heterocycles. The third-order valence-electron chi connectivity index (χ3n) is 6.34. The second-order valence-electron chi connectivity index (χ2n) is 8.59. The lowest BCUT2D eigenvalue weighted by Gasteiger charge is -2.33. The molecule has 0 saturated carbocycles. The summed E-state index contributed by atoms with van der Waals surface area (Å²) in [7, 11) is 1.74. The Morgan fingerprint density at radius 2 is 1.76 bits per heavy atom. The number of guanidine groups is 1. The first-order valence-electron chi connectivity index (χ1n) is 12.2. The van der Waals surface area contributed by atoms with Crippen molar-refractivity contribution in [3.8, 4) is 11.9 Å². The Kier molecular flexibility index (Phi) is 7.84. The maximum Gasteiger partial charge on any atom is 0.272 e. The Morgan fingerprint density at radius 3 is 2.49 bits per heavy atom. The monoisotopic (exact) mass is 494 g/mol. The van der Waals surface area contributed by atoms with Gasteiger partial charge >= 0.3 is 0 Å². The van der Waals surface area contributed by atoms with Gasteiger partial charge in [0.05, 0.1) is 29.4 Å². The van der Waals surface area contributed by atoms with E-state index in [4.69, 9.17) is 10.1 Å². The molecule has 4 rings (SSSR count). The molecule has 188 valence electrons. The lowest BCUT2D eigenvalue weighted by molar-refractivity contribution is 0.340. The highest BCUT2D eigenvalue weighted by molar-refractivity contribution is 5.96. The number of anilines is 1. The molecular formula is C29H30N6O2. The number of benzene rings is 3. The van der Waals surface area contributed by atoms with Gasteiger partial charge < -0.3 is 14.2 Å². The van der Waals surface area contributed by atoms with Crippen LogP contribution in [0.15, 0.2) is 83.7 Å². The molecule has 1 heterocycles. The molecule has 37 heavy (non-hydrogen) atoms. The van der Waals surface area contributed by atoms with E-state index in [1.807, 2.05) is 92.7 Å². The van der Waals surface area contributed by atoms with E-state index >= 15 is 0 Å². The van der Waals surface area contributed by atoms with Crippen molar-refractivity contribution in [1.82, 2.24) is 14.5 Å². The fourth-order valence-corrected chi connectivity index (χ4v) is 4.35. The van der Waals surface area contributed by atoms with Crippen molar-refractivity contribution in [1.29, 1.82) is 10.7 Å². The van der Waals surface area contributed by atoms with Gasteiger partial charge in [0.15, 0.2) is 6.19 Å². The Labute approximate surface area is 216 Å². The van der Waals surface area contributed by atoms with E-state index in [0.717, 1.165) is 16.6 Å². The van der Waals surface area contributed by atoms with Crippen LogP contribution >= 0.6 is 0 Å². The summed E-state index contributed by atoms with van der Waals surface area (Å²) < 4.78 is 7.46. The number of para-hydroxylation sites is 4. The number of nitrogens with one attached hydrogen (secondary N) is 1. The van der Waals surface area contributed by atoms with Crippen molar-refractivity contribution in [3.05, 3.63) is 100 Å². The molecule has 1 unspecified atom stereocenters. The van der Waals surface area contributed by atoms with Crippen molar-refractivity contribution in [2.75, 3.05) is 18.1 Å². The summed E-state index contributed by atoms with van der Waals surface area (Å²) in [4.78, 5) is 20.8. The van der Waals surface area contributed by atoms with Crippen LogP contribution < -0.4 is 15.2 Å². The van der Waals surface area contributed by atoms with E-state index in [0.29, 0.717) is 23.7 Å². The van der Waals surface area contributed by atoms with E-state index in [-0.39, 0.29) is 30.5 Å². The Morgan fingerprint density at radius 1 is 1.08 bits per heavy atom.